The monoisotopic (exact) mass is 563 g/mol. The number of hydrogen-bond acceptors (Lipinski definition) is 5. The molecule has 2 amide bonds. The highest BCUT2D eigenvalue weighted by Crippen LogP contribution is 2.47. The Morgan fingerprint density at radius 3 is 1.21 bits per heavy atom. The summed E-state index contributed by atoms with van der Waals surface area (Å²) in [6.45, 7) is 26.6. The molecule has 1 aliphatic rings. The van der Waals surface area contributed by atoms with Crippen LogP contribution in [-0.4, -0.2) is 52.7 Å². The second kappa shape index (κ2) is 12.8. The van der Waals surface area contributed by atoms with Crippen molar-refractivity contribution in [3.05, 3.63) is 29.8 Å². The molecule has 0 aromatic heterocycles. The van der Waals surface area contributed by atoms with Gasteiger partial charge in [-0.15, -0.1) is 0 Å². The van der Waals surface area contributed by atoms with Gasteiger partial charge in [-0.25, -0.2) is 0 Å². The fourth-order valence-corrected chi connectivity index (χ4v) is 18.2. The molecule has 0 spiro atoms. The molecule has 0 unspecified atom stereocenters. The van der Waals surface area contributed by atoms with E-state index in [0.717, 1.165) is 11.3 Å². The Morgan fingerprint density at radius 2 is 0.947 bits per heavy atom. The average molecular weight is 564 g/mol. The van der Waals surface area contributed by atoms with Gasteiger partial charge >= 0.3 is 0 Å². The minimum absolute atomic E-state index is 0.195. The molecule has 0 radical (unpaired) electrons. The summed E-state index contributed by atoms with van der Waals surface area (Å²) >= 11 is 0. The molecule has 38 heavy (non-hydrogen) atoms. The molecule has 0 saturated carbocycles. The topological polar surface area (TPSA) is 65.1 Å². The number of amides is 2. The van der Waals surface area contributed by atoms with Gasteiger partial charge in [0.05, 0.1) is 13.7 Å². The maximum atomic E-state index is 14.1. The van der Waals surface area contributed by atoms with Crippen LogP contribution in [-0.2, 0) is 25.0 Å². The third-order valence-corrected chi connectivity index (χ3v) is 21.0. The summed E-state index contributed by atoms with van der Waals surface area (Å²) in [7, 11) is -3.34. The van der Waals surface area contributed by atoms with Crippen molar-refractivity contribution in [3.8, 4) is 5.75 Å². The van der Waals surface area contributed by atoms with E-state index in [2.05, 4.69) is 83.1 Å². The highest BCUT2D eigenvalue weighted by atomic mass is 28.4. The largest absolute Gasteiger partial charge is 0.497 e. The first-order valence-corrected chi connectivity index (χ1v) is 18.7. The maximum absolute atomic E-state index is 14.1. The van der Waals surface area contributed by atoms with Gasteiger partial charge in [-0.05, 0) is 50.9 Å². The Bertz CT molecular complexity index is 847. The lowest BCUT2D eigenvalue weighted by Crippen LogP contribution is -2.57. The van der Waals surface area contributed by atoms with E-state index in [4.69, 9.17) is 13.6 Å². The van der Waals surface area contributed by atoms with E-state index in [1.807, 2.05) is 24.3 Å². The third-order valence-electron chi connectivity index (χ3n) is 8.87. The smallest absolute Gasteiger partial charge is 0.260 e. The SMILES string of the molecule is COc1ccc(CN2C(=O)[C@@H](O[Si](C(C)C)(C(C)C)C(C)C)[C@H](O[Si](C(C)C)(C(C)C)C(C)C)C2=O)cc1. The molecule has 1 aromatic carbocycles. The van der Waals surface area contributed by atoms with Crippen molar-refractivity contribution in [2.45, 2.75) is 135 Å². The number of ether oxygens (including phenoxy) is 1. The lowest BCUT2D eigenvalue weighted by atomic mass is 10.2. The Morgan fingerprint density at radius 1 is 0.632 bits per heavy atom. The first-order valence-electron chi connectivity index (χ1n) is 14.4. The van der Waals surface area contributed by atoms with Gasteiger partial charge in [0.15, 0.2) is 12.2 Å². The van der Waals surface area contributed by atoms with Crippen molar-refractivity contribution in [1.29, 1.82) is 0 Å². The number of methoxy groups -OCH3 is 1. The molecule has 0 bridgehead atoms. The number of nitrogens with zero attached hydrogens (tertiary/aromatic N) is 1. The van der Waals surface area contributed by atoms with E-state index < -0.39 is 28.8 Å². The second-order valence-corrected chi connectivity index (χ2v) is 23.6. The molecule has 2 atom stereocenters. The number of imide groups is 1. The van der Waals surface area contributed by atoms with Crippen LogP contribution in [0.4, 0.5) is 0 Å². The molecular weight excluding hydrogens is 511 g/mol. The molecule has 1 heterocycles. The first kappa shape index (κ1) is 32.7. The van der Waals surface area contributed by atoms with Crippen molar-refractivity contribution in [2.24, 2.45) is 0 Å². The van der Waals surface area contributed by atoms with Crippen LogP contribution < -0.4 is 4.74 Å². The van der Waals surface area contributed by atoms with Crippen LogP contribution in [0, 0.1) is 0 Å². The number of rotatable bonds is 13. The van der Waals surface area contributed by atoms with E-state index in [1.165, 1.54) is 4.90 Å². The Labute approximate surface area is 234 Å². The molecule has 1 aliphatic heterocycles. The number of carbonyl (C=O) groups is 2. The van der Waals surface area contributed by atoms with Crippen molar-refractivity contribution >= 4 is 28.4 Å². The summed E-state index contributed by atoms with van der Waals surface area (Å²) in [5.41, 5.74) is 2.56. The molecule has 6 nitrogen and oxygen atoms in total. The second-order valence-electron chi connectivity index (χ2n) is 12.8. The van der Waals surface area contributed by atoms with Crippen LogP contribution in [0.2, 0.25) is 33.2 Å². The van der Waals surface area contributed by atoms with Crippen LogP contribution >= 0.6 is 0 Å². The normalized spacial score (nSPS) is 19.4. The predicted octanol–water partition coefficient (Wildman–Crippen LogP) is 7.69. The van der Waals surface area contributed by atoms with Crippen molar-refractivity contribution in [3.63, 3.8) is 0 Å². The number of benzene rings is 1. The minimum Gasteiger partial charge on any atom is -0.497 e. The summed E-state index contributed by atoms with van der Waals surface area (Å²) < 4.78 is 19.4. The standard InChI is InChI=1S/C30H53NO5Si2/c1-19(2)37(20(3)4,21(5)6)35-27-28(36-38(22(7)8,23(9)10)24(11)12)30(33)31(29(27)32)18-25-14-16-26(34-13)17-15-25/h14-17,19-24,27-28H,18H2,1-13H3/t27-,28-/m0/s1. The van der Waals surface area contributed by atoms with Crippen LogP contribution in [0.3, 0.4) is 0 Å². The van der Waals surface area contributed by atoms with Crippen molar-refractivity contribution < 1.29 is 23.2 Å². The summed E-state index contributed by atoms with van der Waals surface area (Å²) in [6.07, 6.45) is -1.83. The van der Waals surface area contributed by atoms with Gasteiger partial charge in [-0.3, -0.25) is 14.5 Å². The molecule has 1 fully saturated rings. The number of hydrogen-bond donors (Lipinski definition) is 0. The van der Waals surface area contributed by atoms with Gasteiger partial charge in [0.2, 0.25) is 16.6 Å². The third kappa shape index (κ3) is 5.98. The summed E-state index contributed by atoms with van der Waals surface area (Å²) in [5, 5.41) is 0. The van der Waals surface area contributed by atoms with Crippen LogP contribution in [0.15, 0.2) is 24.3 Å². The summed E-state index contributed by atoms with van der Waals surface area (Å²) in [5.74, 6) is 0.195. The quantitative estimate of drug-likeness (QED) is 0.182. The van der Waals surface area contributed by atoms with Crippen molar-refractivity contribution in [1.82, 2.24) is 4.90 Å². The lowest BCUT2D eigenvalue weighted by Gasteiger charge is -2.46. The van der Waals surface area contributed by atoms with Gasteiger partial charge in [0.25, 0.3) is 11.8 Å². The summed E-state index contributed by atoms with van der Waals surface area (Å²) in [6, 6.07) is 7.50. The van der Waals surface area contributed by atoms with E-state index >= 15 is 0 Å². The zero-order chi connectivity index (χ0) is 29.2. The molecule has 2 rings (SSSR count). The van der Waals surface area contributed by atoms with Crippen LogP contribution in [0.5, 0.6) is 5.75 Å². The fraction of sp³-hybridized carbons (Fsp3) is 0.733. The Hall–Kier alpha value is -1.49. The van der Waals surface area contributed by atoms with E-state index in [0.29, 0.717) is 0 Å². The highest BCUT2D eigenvalue weighted by Gasteiger charge is 2.59. The molecule has 8 heteroatoms. The predicted molar refractivity (Wildman–Crippen MR) is 160 cm³/mol. The molecule has 0 aliphatic carbocycles. The summed E-state index contributed by atoms with van der Waals surface area (Å²) in [4.78, 5) is 29.6. The average Bonchev–Trinajstić information content (AvgIpc) is 3.03. The van der Waals surface area contributed by atoms with Gasteiger partial charge < -0.3 is 13.6 Å². The Kier molecular flexibility index (Phi) is 11.0. The zero-order valence-corrected chi connectivity index (χ0v) is 28.1. The van der Waals surface area contributed by atoms with Crippen molar-refractivity contribution in [2.75, 3.05) is 7.11 Å². The first-order chi connectivity index (χ1) is 17.6. The maximum Gasteiger partial charge on any atom is 0.260 e. The highest BCUT2D eigenvalue weighted by molar-refractivity contribution is 6.78. The van der Waals surface area contributed by atoms with E-state index in [-0.39, 0.29) is 51.6 Å². The molecule has 0 N–H and O–H groups in total. The lowest BCUT2D eigenvalue weighted by molar-refractivity contribution is -0.141. The van der Waals surface area contributed by atoms with Gasteiger partial charge in [0, 0.05) is 0 Å². The minimum atomic E-state index is -2.48. The molecular formula is C30H53NO5Si2. The van der Waals surface area contributed by atoms with Crippen LogP contribution in [0.25, 0.3) is 0 Å². The van der Waals surface area contributed by atoms with Gasteiger partial charge in [-0.1, -0.05) is 95.2 Å². The van der Waals surface area contributed by atoms with E-state index in [9.17, 15) is 9.59 Å². The zero-order valence-electron chi connectivity index (χ0n) is 26.1. The Balaban J connectivity index is 2.62. The van der Waals surface area contributed by atoms with Gasteiger partial charge in [-0.2, -0.15) is 0 Å². The fourth-order valence-electron chi connectivity index (χ4n) is 7.22. The van der Waals surface area contributed by atoms with Crippen LogP contribution in [0.1, 0.15) is 88.6 Å². The number of likely N-dealkylation sites (tertiary alicyclic amines) is 1. The van der Waals surface area contributed by atoms with E-state index in [1.54, 1.807) is 7.11 Å². The molecule has 216 valence electrons. The molecule has 1 aromatic rings. The molecule has 1 saturated heterocycles. The number of carbonyl (C=O) groups excluding carboxylic acids is 2. The van der Waals surface area contributed by atoms with Gasteiger partial charge in [0.1, 0.15) is 5.75 Å².